The number of nitrogens with one attached hydrogen (secondary N) is 1. The van der Waals surface area contributed by atoms with Gasteiger partial charge in [-0.15, -0.1) is 0 Å². The summed E-state index contributed by atoms with van der Waals surface area (Å²) in [6.45, 7) is 1.84. The number of ether oxygens (including phenoxy) is 1. The topological polar surface area (TPSA) is 68.3 Å². The van der Waals surface area contributed by atoms with E-state index in [2.05, 4.69) is 9.71 Å². The number of thiazole rings is 1. The van der Waals surface area contributed by atoms with Gasteiger partial charge in [-0.2, -0.15) is 0 Å². The normalized spacial score (nSPS) is 17.5. The Morgan fingerprint density at radius 3 is 2.90 bits per heavy atom. The van der Waals surface area contributed by atoms with Crippen molar-refractivity contribution in [1.29, 1.82) is 0 Å². The number of para-hydroxylation sites is 1. The molecule has 1 aromatic carbocycles. The second-order valence-corrected chi connectivity index (χ2v) is 8.29. The van der Waals surface area contributed by atoms with Crippen LogP contribution in [0.25, 0.3) is 0 Å². The summed E-state index contributed by atoms with van der Waals surface area (Å²) >= 11 is 6.70. The molecule has 2 heterocycles. The molecule has 1 atom stereocenters. The second-order valence-electron chi connectivity index (χ2n) is 4.74. The van der Waals surface area contributed by atoms with Gasteiger partial charge in [0.15, 0.2) is 8.68 Å². The lowest BCUT2D eigenvalue weighted by molar-refractivity contribution is 0.236. The molecule has 0 radical (unpaired) electrons. The Morgan fingerprint density at radius 1 is 1.48 bits per heavy atom. The lowest BCUT2D eigenvalue weighted by Crippen LogP contribution is -2.34. The Hall–Kier alpha value is -1.15. The van der Waals surface area contributed by atoms with Crippen LogP contribution in [0.2, 0.25) is 4.47 Å². The lowest BCUT2D eigenvalue weighted by atomic mass is 10.1. The first-order valence-corrected chi connectivity index (χ1v) is 9.00. The zero-order valence-electron chi connectivity index (χ0n) is 11.2. The van der Waals surface area contributed by atoms with Gasteiger partial charge < -0.3 is 4.74 Å². The standard InChI is InChI=1S/C13H13ClN2O3S2/c1-8-12(20-13(14)16-8)21(17,18)15-7-10-6-9-4-2-3-5-11(9)19-10/h2-5,10,15H,6-7H2,1H3. The molecule has 0 spiro atoms. The number of benzene rings is 1. The smallest absolute Gasteiger partial charge is 0.252 e. The number of sulfonamides is 1. The molecular weight excluding hydrogens is 332 g/mol. The molecule has 2 aromatic rings. The van der Waals surface area contributed by atoms with Gasteiger partial charge in [-0.1, -0.05) is 41.1 Å². The van der Waals surface area contributed by atoms with E-state index in [1.807, 2.05) is 24.3 Å². The summed E-state index contributed by atoms with van der Waals surface area (Å²) in [5.74, 6) is 0.818. The Bertz CT molecular complexity index is 748. The van der Waals surface area contributed by atoms with Gasteiger partial charge in [0.1, 0.15) is 11.9 Å². The van der Waals surface area contributed by atoms with E-state index in [0.29, 0.717) is 12.1 Å². The van der Waals surface area contributed by atoms with Gasteiger partial charge in [-0.25, -0.2) is 18.1 Å². The maximum Gasteiger partial charge on any atom is 0.252 e. The van der Waals surface area contributed by atoms with Crippen LogP contribution in [0.5, 0.6) is 5.75 Å². The second kappa shape index (κ2) is 5.57. The Balaban J connectivity index is 1.68. The number of fused-ring (bicyclic) bond motifs is 1. The highest BCUT2D eigenvalue weighted by Gasteiger charge is 2.26. The minimum absolute atomic E-state index is 0.156. The molecule has 5 nitrogen and oxygen atoms in total. The van der Waals surface area contributed by atoms with Crippen LogP contribution in [0.4, 0.5) is 0 Å². The van der Waals surface area contributed by atoms with Crippen LogP contribution < -0.4 is 9.46 Å². The van der Waals surface area contributed by atoms with Crippen LogP contribution >= 0.6 is 22.9 Å². The van der Waals surface area contributed by atoms with E-state index in [0.717, 1.165) is 22.6 Å². The third-order valence-corrected chi connectivity index (χ3v) is 6.48. The van der Waals surface area contributed by atoms with Gasteiger partial charge in [-0.05, 0) is 18.6 Å². The number of nitrogens with zero attached hydrogens (tertiary/aromatic N) is 1. The van der Waals surface area contributed by atoms with Crippen molar-refractivity contribution in [1.82, 2.24) is 9.71 Å². The minimum Gasteiger partial charge on any atom is -0.488 e. The molecule has 21 heavy (non-hydrogen) atoms. The molecule has 0 saturated heterocycles. The van der Waals surface area contributed by atoms with Crippen molar-refractivity contribution in [2.24, 2.45) is 0 Å². The van der Waals surface area contributed by atoms with Crippen LogP contribution in [0.1, 0.15) is 11.3 Å². The first-order valence-electron chi connectivity index (χ1n) is 6.33. The van der Waals surface area contributed by atoms with Crippen molar-refractivity contribution in [2.75, 3.05) is 6.54 Å². The van der Waals surface area contributed by atoms with Crippen molar-refractivity contribution in [3.8, 4) is 5.75 Å². The van der Waals surface area contributed by atoms with E-state index < -0.39 is 10.0 Å². The summed E-state index contributed by atoms with van der Waals surface area (Å²) in [7, 11) is -3.60. The van der Waals surface area contributed by atoms with E-state index in [-0.39, 0.29) is 21.3 Å². The molecule has 1 aliphatic heterocycles. The number of hydrogen-bond donors (Lipinski definition) is 1. The van der Waals surface area contributed by atoms with Crippen molar-refractivity contribution in [2.45, 2.75) is 23.7 Å². The van der Waals surface area contributed by atoms with E-state index in [4.69, 9.17) is 16.3 Å². The Kier molecular flexibility index (Phi) is 3.92. The fourth-order valence-electron chi connectivity index (χ4n) is 2.24. The average Bonchev–Trinajstić information content (AvgIpc) is 2.99. The Labute approximate surface area is 132 Å². The van der Waals surface area contributed by atoms with Gasteiger partial charge in [0.25, 0.3) is 10.0 Å². The molecule has 1 N–H and O–H groups in total. The van der Waals surface area contributed by atoms with E-state index in [1.54, 1.807) is 6.92 Å². The van der Waals surface area contributed by atoms with Gasteiger partial charge in [-0.3, -0.25) is 0 Å². The summed E-state index contributed by atoms with van der Waals surface area (Å²) in [6, 6.07) is 7.71. The predicted octanol–water partition coefficient (Wildman–Crippen LogP) is 2.39. The zero-order chi connectivity index (χ0) is 15.0. The maximum atomic E-state index is 12.2. The van der Waals surface area contributed by atoms with Crippen LogP contribution in [0.15, 0.2) is 28.5 Å². The van der Waals surface area contributed by atoms with Crippen LogP contribution in [-0.4, -0.2) is 26.1 Å². The quantitative estimate of drug-likeness (QED) is 0.924. The molecule has 1 aliphatic rings. The fourth-order valence-corrected chi connectivity index (χ4v) is 5.08. The molecule has 0 bridgehead atoms. The van der Waals surface area contributed by atoms with Gasteiger partial charge >= 0.3 is 0 Å². The average molecular weight is 345 g/mol. The lowest BCUT2D eigenvalue weighted by Gasteiger charge is -2.11. The summed E-state index contributed by atoms with van der Waals surface area (Å²) in [5.41, 5.74) is 1.51. The number of aromatic nitrogens is 1. The first-order chi connectivity index (χ1) is 9.95. The monoisotopic (exact) mass is 344 g/mol. The highest BCUT2D eigenvalue weighted by molar-refractivity contribution is 7.91. The third-order valence-electron chi connectivity index (χ3n) is 3.19. The summed E-state index contributed by atoms with van der Waals surface area (Å²) < 4.78 is 33.1. The predicted molar refractivity (Wildman–Crippen MR) is 81.6 cm³/mol. The molecule has 0 aliphatic carbocycles. The highest BCUT2D eigenvalue weighted by Crippen LogP contribution is 2.29. The summed E-state index contributed by atoms with van der Waals surface area (Å²) in [6.07, 6.45) is 0.502. The third kappa shape index (κ3) is 3.06. The first kappa shape index (κ1) is 14.8. The maximum absolute atomic E-state index is 12.2. The van der Waals surface area contributed by atoms with Crippen LogP contribution in [-0.2, 0) is 16.4 Å². The van der Waals surface area contributed by atoms with Crippen molar-refractivity contribution >= 4 is 33.0 Å². The molecule has 1 aromatic heterocycles. The number of hydrogen-bond acceptors (Lipinski definition) is 5. The SMILES string of the molecule is Cc1nc(Cl)sc1S(=O)(=O)NCC1Cc2ccccc2O1. The molecule has 0 amide bonds. The molecular formula is C13H13ClN2O3S2. The molecule has 3 rings (SSSR count). The molecule has 0 fully saturated rings. The van der Waals surface area contributed by atoms with E-state index in [9.17, 15) is 8.42 Å². The molecule has 0 saturated carbocycles. The van der Waals surface area contributed by atoms with Gasteiger partial charge in [0, 0.05) is 13.0 Å². The van der Waals surface area contributed by atoms with Crippen molar-refractivity contribution in [3.05, 3.63) is 40.0 Å². The fraction of sp³-hybridized carbons (Fsp3) is 0.308. The van der Waals surface area contributed by atoms with Crippen molar-refractivity contribution < 1.29 is 13.2 Å². The van der Waals surface area contributed by atoms with E-state index >= 15 is 0 Å². The molecule has 112 valence electrons. The minimum atomic E-state index is -3.60. The number of aryl methyl sites for hydroxylation is 1. The Morgan fingerprint density at radius 2 is 2.24 bits per heavy atom. The molecule has 8 heteroatoms. The van der Waals surface area contributed by atoms with E-state index in [1.165, 1.54) is 0 Å². The van der Waals surface area contributed by atoms with Gasteiger partial charge in [0.2, 0.25) is 0 Å². The highest BCUT2D eigenvalue weighted by atomic mass is 35.5. The van der Waals surface area contributed by atoms with Crippen LogP contribution in [0, 0.1) is 6.92 Å². The van der Waals surface area contributed by atoms with Crippen molar-refractivity contribution in [3.63, 3.8) is 0 Å². The largest absolute Gasteiger partial charge is 0.488 e. The summed E-state index contributed by atoms with van der Waals surface area (Å²) in [4.78, 5) is 3.92. The zero-order valence-corrected chi connectivity index (χ0v) is 13.6. The summed E-state index contributed by atoms with van der Waals surface area (Å²) in [5, 5.41) is 0. The molecule has 1 unspecified atom stereocenters. The number of rotatable bonds is 4. The van der Waals surface area contributed by atoms with Crippen LogP contribution in [0.3, 0.4) is 0 Å². The number of halogens is 1. The van der Waals surface area contributed by atoms with Gasteiger partial charge in [0.05, 0.1) is 5.69 Å².